The summed E-state index contributed by atoms with van der Waals surface area (Å²) in [7, 11) is 0. The molecule has 1 fully saturated rings. The minimum Gasteiger partial charge on any atom is -0.409 e. The molecular formula is C12H15F3N4O. The zero-order valence-corrected chi connectivity index (χ0v) is 10.6. The highest BCUT2D eigenvalue weighted by molar-refractivity contribution is 5.95. The predicted octanol–water partition coefficient (Wildman–Crippen LogP) is 1.95. The highest BCUT2D eigenvalue weighted by atomic mass is 19.4. The van der Waals surface area contributed by atoms with Crippen molar-refractivity contribution in [3.05, 3.63) is 24.0 Å². The number of halogens is 3. The van der Waals surface area contributed by atoms with Crippen LogP contribution in [0.4, 0.5) is 18.9 Å². The highest BCUT2D eigenvalue weighted by Crippen LogP contribution is 2.35. The monoisotopic (exact) mass is 288 g/mol. The fourth-order valence-electron chi connectivity index (χ4n) is 2.24. The molecule has 0 saturated carbocycles. The molecule has 0 bridgehead atoms. The molecule has 2 heterocycles. The van der Waals surface area contributed by atoms with E-state index in [1.54, 1.807) is 12.1 Å². The second kappa shape index (κ2) is 5.56. The van der Waals surface area contributed by atoms with Crippen LogP contribution in [0.5, 0.6) is 0 Å². The second-order valence-corrected chi connectivity index (χ2v) is 4.69. The van der Waals surface area contributed by atoms with Crippen LogP contribution >= 0.6 is 0 Å². The number of hydrogen-bond donors (Lipinski definition) is 2. The molecule has 1 aliphatic rings. The molecule has 0 radical (unpaired) electrons. The molecule has 0 aliphatic carbocycles. The Bertz CT molecular complexity index is 478. The summed E-state index contributed by atoms with van der Waals surface area (Å²) in [4.78, 5) is 5.87. The number of aromatic nitrogens is 1. The van der Waals surface area contributed by atoms with E-state index in [0.717, 1.165) is 5.69 Å². The van der Waals surface area contributed by atoms with Gasteiger partial charge in [0.05, 0.1) is 17.8 Å². The Morgan fingerprint density at radius 1 is 1.35 bits per heavy atom. The Hall–Kier alpha value is -1.99. The number of hydrogen-bond acceptors (Lipinski definition) is 4. The lowest BCUT2D eigenvalue weighted by Crippen LogP contribution is -2.39. The number of nitrogens with two attached hydrogens (primary N) is 1. The number of pyridine rings is 1. The first-order valence-corrected chi connectivity index (χ1v) is 6.17. The number of rotatable bonds is 2. The van der Waals surface area contributed by atoms with E-state index >= 15 is 0 Å². The quantitative estimate of drug-likeness (QED) is 0.377. The van der Waals surface area contributed by atoms with Gasteiger partial charge in [-0.15, -0.1) is 0 Å². The summed E-state index contributed by atoms with van der Waals surface area (Å²) in [5, 5.41) is 11.3. The lowest BCUT2D eigenvalue weighted by atomic mass is 9.96. The second-order valence-electron chi connectivity index (χ2n) is 4.69. The molecule has 0 amide bonds. The number of alkyl halides is 3. The van der Waals surface area contributed by atoms with Crippen molar-refractivity contribution < 1.29 is 18.4 Å². The number of nitrogens with zero attached hydrogens (tertiary/aromatic N) is 3. The molecule has 110 valence electrons. The third kappa shape index (κ3) is 3.12. The molecule has 1 saturated heterocycles. The van der Waals surface area contributed by atoms with Gasteiger partial charge in [-0.1, -0.05) is 5.16 Å². The van der Waals surface area contributed by atoms with Gasteiger partial charge in [-0.2, -0.15) is 13.2 Å². The van der Waals surface area contributed by atoms with E-state index < -0.39 is 12.1 Å². The van der Waals surface area contributed by atoms with E-state index in [9.17, 15) is 13.2 Å². The highest BCUT2D eigenvalue weighted by Gasteiger charge is 2.41. The first kappa shape index (κ1) is 14.4. The number of oxime groups is 1. The van der Waals surface area contributed by atoms with E-state index in [0.29, 0.717) is 18.8 Å². The fourth-order valence-corrected chi connectivity index (χ4v) is 2.24. The largest absolute Gasteiger partial charge is 0.409 e. The molecule has 8 heteroatoms. The molecule has 1 aromatic heterocycles. The van der Waals surface area contributed by atoms with Crippen molar-refractivity contribution in [3.63, 3.8) is 0 Å². The Balaban J connectivity index is 2.01. The standard InChI is InChI=1S/C12H15F3N4O/c13-12(14,15)8-3-5-19(6-4-8)9-1-2-10(17-7-9)11(16)18-20/h1-2,7-8,20H,3-6H2,(H2,16,18). The van der Waals surface area contributed by atoms with E-state index in [1.165, 1.54) is 6.20 Å². The molecule has 2 rings (SSSR count). The fraction of sp³-hybridized carbons (Fsp3) is 0.500. The Morgan fingerprint density at radius 2 is 2.00 bits per heavy atom. The van der Waals surface area contributed by atoms with Crippen molar-refractivity contribution in [1.29, 1.82) is 0 Å². The maximum atomic E-state index is 12.6. The summed E-state index contributed by atoms with van der Waals surface area (Å²) < 4.78 is 37.7. The molecule has 0 unspecified atom stereocenters. The normalized spacial score (nSPS) is 18.4. The SMILES string of the molecule is N/C(=N/O)c1ccc(N2CCC(C(F)(F)F)CC2)cn1. The summed E-state index contributed by atoms with van der Waals surface area (Å²) in [5.74, 6) is -1.32. The van der Waals surface area contributed by atoms with Crippen LogP contribution < -0.4 is 10.6 Å². The minimum atomic E-state index is -4.11. The molecule has 20 heavy (non-hydrogen) atoms. The molecule has 0 atom stereocenters. The average molecular weight is 288 g/mol. The van der Waals surface area contributed by atoms with Gasteiger partial charge in [0.2, 0.25) is 0 Å². The van der Waals surface area contributed by atoms with Crippen LogP contribution in [-0.4, -0.2) is 35.3 Å². The smallest absolute Gasteiger partial charge is 0.391 e. The van der Waals surface area contributed by atoms with E-state index in [-0.39, 0.29) is 18.7 Å². The van der Waals surface area contributed by atoms with Gasteiger partial charge in [-0.3, -0.25) is 4.98 Å². The Morgan fingerprint density at radius 3 is 2.45 bits per heavy atom. The van der Waals surface area contributed by atoms with Crippen molar-refractivity contribution >= 4 is 11.5 Å². The van der Waals surface area contributed by atoms with Crippen LogP contribution in [0.15, 0.2) is 23.5 Å². The van der Waals surface area contributed by atoms with Gasteiger partial charge >= 0.3 is 6.18 Å². The lowest BCUT2D eigenvalue weighted by Gasteiger charge is -2.34. The summed E-state index contributed by atoms with van der Waals surface area (Å²) in [5.41, 5.74) is 6.44. The van der Waals surface area contributed by atoms with Crippen molar-refractivity contribution in [2.75, 3.05) is 18.0 Å². The van der Waals surface area contributed by atoms with Crippen molar-refractivity contribution in [1.82, 2.24) is 4.98 Å². The van der Waals surface area contributed by atoms with Crippen LogP contribution in [0.2, 0.25) is 0 Å². The Kier molecular flexibility index (Phi) is 4.01. The van der Waals surface area contributed by atoms with Gasteiger partial charge in [-0.25, -0.2) is 0 Å². The maximum absolute atomic E-state index is 12.6. The molecule has 5 nitrogen and oxygen atoms in total. The van der Waals surface area contributed by atoms with Gasteiger partial charge in [-0.05, 0) is 25.0 Å². The van der Waals surface area contributed by atoms with Crippen molar-refractivity contribution in [2.24, 2.45) is 16.8 Å². The summed E-state index contributed by atoms with van der Waals surface area (Å²) in [6, 6.07) is 3.27. The number of piperidine rings is 1. The van der Waals surface area contributed by atoms with E-state index in [1.807, 2.05) is 4.90 Å². The van der Waals surface area contributed by atoms with Crippen LogP contribution in [0.3, 0.4) is 0 Å². The third-order valence-corrected chi connectivity index (χ3v) is 3.44. The molecule has 1 aliphatic heterocycles. The zero-order chi connectivity index (χ0) is 14.8. The van der Waals surface area contributed by atoms with Gasteiger partial charge in [0, 0.05) is 13.1 Å². The van der Waals surface area contributed by atoms with E-state index in [2.05, 4.69) is 10.1 Å². The molecular weight excluding hydrogens is 273 g/mol. The zero-order valence-electron chi connectivity index (χ0n) is 10.6. The van der Waals surface area contributed by atoms with Gasteiger partial charge in [0.1, 0.15) is 5.69 Å². The first-order valence-electron chi connectivity index (χ1n) is 6.17. The molecule has 0 aromatic carbocycles. The topological polar surface area (TPSA) is 74.7 Å². The maximum Gasteiger partial charge on any atom is 0.391 e. The predicted molar refractivity (Wildman–Crippen MR) is 67.7 cm³/mol. The number of anilines is 1. The molecule has 1 aromatic rings. The van der Waals surface area contributed by atoms with Gasteiger partial charge in [0.15, 0.2) is 5.84 Å². The van der Waals surface area contributed by atoms with Crippen LogP contribution in [0.25, 0.3) is 0 Å². The first-order chi connectivity index (χ1) is 9.41. The van der Waals surface area contributed by atoms with Crippen molar-refractivity contribution in [2.45, 2.75) is 19.0 Å². The van der Waals surface area contributed by atoms with Crippen LogP contribution in [0, 0.1) is 5.92 Å². The third-order valence-electron chi connectivity index (χ3n) is 3.44. The summed E-state index contributed by atoms with van der Waals surface area (Å²) in [6.45, 7) is 0.684. The average Bonchev–Trinajstić information content (AvgIpc) is 2.46. The molecule has 3 N–H and O–H groups in total. The summed E-state index contributed by atoms with van der Waals surface area (Å²) in [6.07, 6.45) is -2.42. The number of amidine groups is 1. The molecule has 0 spiro atoms. The van der Waals surface area contributed by atoms with E-state index in [4.69, 9.17) is 10.9 Å². The van der Waals surface area contributed by atoms with Gasteiger partial charge in [0.25, 0.3) is 0 Å². The summed E-state index contributed by atoms with van der Waals surface area (Å²) >= 11 is 0. The van der Waals surface area contributed by atoms with Crippen LogP contribution in [0.1, 0.15) is 18.5 Å². The minimum absolute atomic E-state index is 0.0888. The van der Waals surface area contributed by atoms with Crippen molar-refractivity contribution in [3.8, 4) is 0 Å². The lowest BCUT2D eigenvalue weighted by molar-refractivity contribution is -0.179. The Labute approximate surface area is 113 Å². The van der Waals surface area contributed by atoms with Crippen LogP contribution in [-0.2, 0) is 0 Å². The van der Waals surface area contributed by atoms with Gasteiger partial charge < -0.3 is 15.8 Å².